The highest BCUT2D eigenvalue weighted by Crippen LogP contribution is 2.07. The quantitative estimate of drug-likeness (QED) is 0.753. The number of hydrogen-bond acceptors (Lipinski definition) is 4. The van der Waals surface area contributed by atoms with Gasteiger partial charge in [0.1, 0.15) is 12.4 Å². The Kier molecular flexibility index (Phi) is 5.57. The van der Waals surface area contributed by atoms with E-state index in [9.17, 15) is 13.6 Å². The Morgan fingerprint density at radius 2 is 2.28 bits per heavy atom. The van der Waals surface area contributed by atoms with E-state index in [1.807, 2.05) is 0 Å². The van der Waals surface area contributed by atoms with Crippen LogP contribution in [0.1, 0.15) is 28.8 Å². The second-order valence-corrected chi connectivity index (χ2v) is 3.52. The summed E-state index contributed by atoms with van der Waals surface area (Å²) in [7, 11) is 0. The molecular weight excluding hydrogens is 246 g/mol. The van der Waals surface area contributed by atoms with Gasteiger partial charge in [-0.05, 0) is 6.42 Å². The van der Waals surface area contributed by atoms with Crippen LogP contribution in [0.2, 0.25) is 0 Å². The predicted octanol–water partition coefficient (Wildman–Crippen LogP) is 1.56. The molecule has 0 aliphatic carbocycles. The van der Waals surface area contributed by atoms with E-state index in [0.29, 0.717) is 17.9 Å². The van der Waals surface area contributed by atoms with Crippen LogP contribution in [0, 0.1) is 0 Å². The molecule has 0 spiro atoms. The standard InChI is InChI=1S/C11H14F2N2O3/c1-2-8-7(11(16)17)5-14-10(15-8)3-4-18-6-9(12)13/h5,9H,2-4,6H2,1H3,(H,16,17). The van der Waals surface area contributed by atoms with Crippen LogP contribution in [0.5, 0.6) is 0 Å². The highest BCUT2D eigenvalue weighted by Gasteiger charge is 2.12. The maximum absolute atomic E-state index is 11.8. The molecule has 1 heterocycles. The summed E-state index contributed by atoms with van der Waals surface area (Å²) in [6.07, 6.45) is -0.517. The number of carboxylic acid groups (broad SMARTS) is 1. The minimum absolute atomic E-state index is 0.0646. The van der Waals surface area contributed by atoms with Crippen LogP contribution in [0.25, 0.3) is 0 Å². The lowest BCUT2D eigenvalue weighted by molar-refractivity contribution is 0.0182. The molecule has 7 heteroatoms. The highest BCUT2D eigenvalue weighted by atomic mass is 19.3. The van der Waals surface area contributed by atoms with E-state index in [1.54, 1.807) is 6.92 Å². The van der Waals surface area contributed by atoms with Gasteiger partial charge in [-0.15, -0.1) is 0 Å². The lowest BCUT2D eigenvalue weighted by Crippen LogP contribution is -2.12. The van der Waals surface area contributed by atoms with Gasteiger partial charge in [0.25, 0.3) is 6.43 Å². The van der Waals surface area contributed by atoms with Crippen molar-refractivity contribution in [3.8, 4) is 0 Å². The van der Waals surface area contributed by atoms with Gasteiger partial charge in [-0.3, -0.25) is 0 Å². The Hall–Kier alpha value is -1.63. The minimum Gasteiger partial charge on any atom is -0.478 e. The number of nitrogens with zero attached hydrogens (tertiary/aromatic N) is 2. The van der Waals surface area contributed by atoms with Crippen LogP contribution in [0.3, 0.4) is 0 Å². The molecule has 0 radical (unpaired) electrons. The molecule has 1 rings (SSSR count). The fraction of sp³-hybridized carbons (Fsp3) is 0.545. The first-order valence-electron chi connectivity index (χ1n) is 5.48. The molecule has 0 saturated heterocycles. The van der Waals surface area contributed by atoms with E-state index in [2.05, 4.69) is 9.97 Å². The molecule has 0 bridgehead atoms. The number of halogens is 2. The number of carboxylic acids is 1. The van der Waals surface area contributed by atoms with E-state index in [1.165, 1.54) is 6.20 Å². The van der Waals surface area contributed by atoms with Gasteiger partial charge < -0.3 is 9.84 Å². The van der Waals surface area contributed by atoms with Gasteiger partial charge in [0, 0.05) is 12.6 Å². The van der Waals surface area contributed by atoms with E-state index >= 15 is 0 Å². The number of aryl methyl sites for hydroxylation is 1. The van der Waals surface area contributed by atoms with Gasteiger partial charge in [-0.25, -0.2) is 23.5 Å². The number of aromatic carboxylic acids is 1. The summed E-state index contributed by atoms with van der Waals surface area (Å²) < 4.78 is 28.3. The van der Waals surface area contributed by atoms with Gasteiger partial charge in [-0.2, -0.15) is 0 Å². The Morgan fingerprint density at radius 3 is 2.83 bits per heavy atom. The monoisotopic (exact) mass is 260 g/mol. The lowest BCUT2D eigenvalue weighted by Gasteiger charge is -2.06. The van der Waals surface area contributed by atoms with Crippen molar-refractivity contribution < 1.29 is 23.4 Å². The number of rotatable bonds is 7. The Morgan fingerprint density at radius 1 is 1.56 bits per heavy atom. The largest absolute Gasteiger partial charge is 0.478 e. The number of carbonyl (C=O) groups is 1. The van der Waals surface area contributed by atoms with Crippen LogP contribution < -0.4 is 0 Å². The summed E-state index contributed by atoms with van der Waals surface area (Å²) in [4.78, 5) is 18.8. The molecule has 0 amide bonds. The smallest absolute Gasteiger partial charge is 0.339 e. The van der Waals surface area contributed by atoms with Gasteiger partial charge in [0.2, 0.25) is 0 Å². The molecule has 0 atom stereocenters. The van der Waals surface area contributed by atoms with Crippen molar-refractivity contribution in [2.24, 2.45) is 0 Å². The topological polar surface area (TPSA) is 72.3 Å². The second kappa shape index (κ2) is 6.95. The molecule has 0 fully saturated rings. The van der Waals surface area contributed by atoms with Gasteiger partial charge in [-0.1, -0.05) is 6.92 Å². The summed E-state index contributed by atoms with van der Waals surface area (Å²) in [6, 6.07) is 0. The molecule has 0 saturated carbocycles. The van der Waals surface area contributed by atoms with E-state index in [4.69, 9.17) is 9.84 Å². The number of alkyl halides is 2. The first-order valence-corrected chi connectivity index (χ1v) is 5.48. The molecule has 1 N–H and O–H groups in total. The Balaban J connectivity index is 2.60. The highest BCUT2D eigenvalue weighted by molar-refractivity contribution is 5.88. The summed E-state index contributed by atoms with van der Waals surface area (Å²) >= 11 is 0. The second-order valence-electron chi connectivity index (χ2n) is 3.52. The molecular formula is C11H14F2N2O3. The van der Waals surface area contributed by atoms with Crippen molar-refractivity contribution in [3.05, 3.63) is 23.3 Å². The zero-order chi connectivity index (χ0) is 13.5. The first kappa shape index (κ1) is 14.4. The number of hydrogen-bond donors (Lipinski definition) is 1. The van der Waals surface area contributed by atoms with Crippen LogP contribution >= 0.6 is 0 Å². The lowest BCUT2D eigenvalue weighted by atomic mass is 10.2. The normalized spacial score (nSPS) is 10.9. The van der Waals surface area contributed by atoms with Gasteiger partial charge >= 0.3 is 5.97 Å². The van der Waals surface area contributed by atoms with Crippen molar-refractivity contribution >= 4 is 5.97 Å². The molecule has 5 nitrogen and oxygen atoms in total. The van der Waals surface area contributed by atoms with Crippen LogP contribution in [0.4, 0.5) is 8.78 Å². The predicted molar refractivity (Wildman–Crippen MR) is 58.9 cm³/mol. The first-order chi connectivity index (χ1) is 8.54. The fourth-order valence-electron chi connectivity index (χ4n) is 1.36. The third-order valence-electron chi connectivity index (χ3n) is 2.20. The maximum Gasteiger partial charge on any atom is 0.339 e. The van der Waals surface area contributed by atoms with Crippen LogP contribution in [-0.4, -0.2) is 40.7 Å². The van der Waals surface area contributed by atoms with Crippen molar-refractivity contribution in [3.63, 3.8) is 0 Å². The van der Waals surface area contributed by atoms with E-state index < -0.39 is 19.0 Å². The number of aromatic nitrogens is 2. The summed E-state index contributed by atoms with van der Waals surface area (Å²) in [6.45, 7) is 1.25. The molecule has 100 valence electrons. The summed E-state index contributed by atoms with van der Waals surface area (Å²) in [5.74, 6) is -0.682. The van der Waals surface area contributed by atoms with E-state index in [-0.39, 0.29) is 18.6 Å². The van der Waals surface area contributed by atoms with Gasteiger partial charge in [0.05, 0.1) is 17.9 Å². The van der Waals surface area contributed by atoms with Crippen LogP contribution in [-0.2, 0) is 17.6 Å². The Bertz CT molecular complexity index is 413. The van der Waals surface area contributed by atoms with Crippen LogP contribution in [0.15, 0.2) is 6.20 Å². The molecule has 0 aliphatic rings. The number of ether oxygens (including phenoxy) is 1. The minimum atomic E-state index is -2.49. The third-order valence-corrected chi connectivity index (χ3v) is 2.20. The summed E-state index contributed by atoms with van der Waals surface area (Å²) in [5, 5.41) is 8.87. The van der Waals surface area contributed by atoms with Crippen molar-refractivity contribution in [1.82, 2.24) is 9.97 Å². The fourth-order valence-corrected chi connectivity index (χ4v) is 1.36. The maximum atomic E-state index is 11.8. The molecule has 0 aromatic carbocycles. The Labute approximate surface area is 103 Å². The van der Waals surface area contributed by atoms with E-state index in [0.717, 1.165) is 0 Å². The molecule has 18 heavy (non-hydrogen) atoms. The van der Waals surface area contributed by atoms with Gasteiger partial charge in [0.15, 0.2) is 0 Å². The molecule has 0 unspecified atom stereocenters. The molecule has 1 aromatic heterocycles. The third kappa shape index (κ3) is 4.33. The average Bonchev–Trinajstić information content (AvgIpc) is 2.33. The summed E-state index contributed by atoms with van der Waals surface area (Å²) in [5.41, 5.74) is 0.496. The zero-order valence-electron chi connectivity index (χ0n) is 9.90. The molecule has 0 aliphatic heterocycles. The molecule has 1 aromatic rings. The zero-order valence-corrected chi connectivity index (χ0v) is 9.90. The van der Waals surface area contributed by atoms with Crippen molar-refractivity contribution in [2.75, 3.05) is 13.2 Å². The van der Waals surface area contributed by atoms with Crippen molar-refractivity contribution in [2.45, 2.75) is 26.2 Å². The van der Waals surface area contributed by atoms with Crippen molar-refractivity contribution in [1.29, 1.82) is 0 Å². The SMILES string of the molecule is CCc1nc(CCOCC(F)F)ncc1C(=O)O. The average molecular weight is 260 g/mol.